The number of halogens is 3. The fourth-order valence-electron chi connectivity index (χ4n) is 2.94. The van der Waals surface area contributed by atoms with E-state index in [0.29, 0.717) is 42.6 Å². The Morgan fingerprint density at radius 2 is 1.79 bits per heavy atom. The zero-order chi connectivity index (χ0) is 20.1. The summed E-state index contributed by atoms with van der Waals surface area (Å²) >= 11 is 0. The number of hydrogen-bond acceptors (Lipinski definition) is 8. The van der Waals surface area contributed by atoms with Crippen molar-refractivity contribution in [2.24, 2.45) is 0 Å². The molecule has 4 N–H and O–H groups in total. The summed E-state index contributed by atoms with van der Waals surface area (Å²) in [5.41, 5.74) is 7.08. The molecule has 152 valence electrons. The molecule has 0 spiro atoms. The van der Waals surface area contributed by atoms with E-state index in [2.05, 4.69) is 24.9 Å². The van der Waals surface area contributed by atoms with E-state index in [-0.39, 0.29) is 12.4 Å². The number of nitrogens with zero attached hydrogens (tertiary/aromatic N) is 4. The van der Waals surface area contributed by atoms with Gasteiger partial charge in [-0.3, -0.25) is 4.90 Å². The highest BCUT2D eigenvalue weighted by atomic mass is 19.4. The number of rotatable bonds is 6. The molecular weight excluding hydrogens is 377 g/mol. The molecule has 1 saturated heterocycles. The summed E-state index contributed by atoms with van der Waals surface area (Å²) in [6.45, 7) is 3.75. The van der Waals surface area contributed by atoms with Gasteiger partial charge in [-0.15, -0.1) is 13.2 Å². The molecule has 0 amide bonds. The van der Waals surface area contributed by atoms with Gasteiger partial charge in [-0.2, -0.15) is 0 Å². The standard InChI is InChI=1S/C17H21F3N6O2/c18-17(19,20)28-13-3-1-12(2-4-13)24-15-14(21)16(23-11-22-15)26-7-5-25(6-8-26)9-10-27/h1-4,11,27H,5-10,21H2,(H,22,23,24). The Balaban J connectivity index is 1.68. The molecule has 3 rings (SSSR count). The van der Waals surface area contributed by atoms with E-state index < -0.39 is 6.36 Å². The molecule has 1 fully saturated rings. The third kappa shape index (κ3) is 5.14. The minimum atomic E-state index is -4.73. The van der Waals surface area contributed by atoms with Crippen LogP contribution < -0.4 is 20.7 Å². The number of benzene rings is 1. The lowest BCUT2D eigenvalue weighted by atomic mass is 10.2. The van der Waals surface area contributed by atoms with Crippen molar-refractivity contribution < 1.29 is 23.0 Å². The van der Waals surface area contributed by atoms with Crippen molar-refractivity contribution in [3.63, 3.8) is 0 Å². The van der Waals surface area contributed by atoms with Crippen LogP contribution in [0.2, 0.25) is 0 Å². The minimum absolute atomic E-state index is 0.122. The molecule has 11 heteroatoms. The fourth-order valence-corrected chi connectivity index (χ4v) is 2.94. The molecule has 1 aliphatic heterocycles. The molecule has 0 radical (unpaired) electrons. The molecular formula is C17H21F3N6O2. The van der Waals surface area contributed by atoms with E-state index in [0.717, 1.165) is 13.1 Å². The average Bonchev–Trinajstić information content (AvgIpc) is 2.65. The second kappa shape index (κ2) is 8.48. The van der Waals surface area contributed by atoms with E-state index in [1.807, 2.05) is 4.90 Å². The van der Waals surface area contributed by atoms with Crippen LogP contribution in [0.5, 0.6) is 5.75 Å². The molecule has 1 aromatic carbocycles. The van der Waals surface area contributed by atoms with E-state index in [1.54, 1.807) is 0 Å². The van der Waals surface area contributed by atoms with Gasteiger partial charge in [0.05, 0.1) is 6.61 Å². The first kappa shape index (κ1) is 20.0. The Morgan fingerprint density at radius 1 is 1.11 bits per heavy atom. The largest absolute Gasteiger partial charge is 0.573 e. The highest BCUT2D eigenvalue weighted by Crippen LogP contribution is 2.30. The van der Waals surface area contributed by atoms with Gasteiger partial charge in [0.1, 0.15) is 17.8 Å². The minimum Gasteiger partial charge on any atom is -0.406 e. The van der Waals surface area contributed by atoms with Crippen molar-refractivity contribution >= 4 is 23.0 Å². The van der Waals surface area contributed by atoms with E-state index >= 15 is 0 Å². The maximum Gasteiger partial charge on any atom is 0.573 e. The molecule has 0 bridgehead atoms. The first-order chi connectivity index (χ1) is 13.4. The normalized spacial score (nSPS) is 15.5. The van der Waals surface area contributed by atoms with Gasteiger partial charge in [-0.25, -0.2) is 9.97 Å². The lowest BCUT2D eigenvalue weighted by Gasteiger charge is -2.35. The summed E-state index contributed by atoms with van der Waals surface area (Å²) in [6, 6.07) is 5.29. The number of hydrogen-bond donors (Lipinski definition) is 3. The number of ether oxygens (including phenoxy) is 1. The summed E-state index contributed by atoms with van der Waals surface area (Å²) in [5.74, 6) is 0.653. The van der Waals surface area contributed by atoms with Crippen LogP contribution in [-0.2, 0) is 0 Å². The number of β-amino-alcohol motifs (C(OH)–C–C–N with tert-alkyl or cyclic N) is 1. The molecule has 2 heterocycles. The van der Waals surface area contributed by atoms with Crippen LogP contribution in [0, 0.1) is 0 Å². The van der Waals surface area contributed by atoms with Gasteiger partial charge in [-0.05, 0) is 24.3 Å². The molecule has 0 aliphatic carbocycles. The van der Waals surface area contributed by atoms with Gasteiger partial charge in [0.15, 0.2) is 11.6 Å². The molecule has 1 aromatic heterocycles. The number of anilines is 4. The predicted octanol–water partition coefficient (Wildman–Crippen LogP) is 1.82. The number of nitrogens with two attached hydrogens (primary N) is 1. The molecule has 0 saturated carbocycles. The Morgan fingerprint density at radius 3 is 2.39 bits per heavy atom. The van der Waals surface area contributed by atoms with Crippen LogP contribution in [-0.4, -0.2) is 65.7 Å². The van der Waals surface area contributed by atoms with Crippen LogP contribution in [0.25, 0.3) is 0 Å². The zero-order valence-electron chi connectivity index (χ0n) is 15.0. The van der Waals surface area contributed by atoms with Crippen molar-refractivity contribution in [2.45, 2.75) is 6.36 Å². The summed E-state index contributed by atoms with van der Waals surface area (Å²) < 4.78 is 40.6. The SMILES string of the molecule is Nc1c(Nc2ccc(OC(F)(F)F)cc2)ncnc1N1CCN(CCO)CC1. The number of aliphatic hydroxyl groups is 1. The third-order valence-electron chi connectivity index (χ3n) is 4.30. The van der Waals surface area contributed by atoms with E-state index in [4.69, 9.17) is 10.8 Å². The quantitative estimate of drug-likeness (QED) is 0.678. The van der Waals surface area contributed by atoms with Gasteiger partial charge < -0.3 is 25.8 Å². The Hall–Kier alpha value is -2.79. The van der Waals surface area contributed by atoms with Gasteiger partial charge in [0.2, 0.25) is 0 Å². The number of alkyl halides is 3. The molecule has 1 aliphatic rings. The second-order valence-electron chi connectivity index (χ2n) is 6.21. The molecule has 0 unspecified atom stereocenters. The highest BCUT2D eigenvalue weighted by Gasteiger charge is 2.31. The van der Waals surface area contributed by atoms with Crippen molar-refractivity contribution in [3.8, 4) is 5.75 Å². The summed E-state index contributed by atoms with van der Waals surface area (Å²) in [4.78, 5) is 12.6. The van der Waals surface area contributed by atoms with Gasteiger partial charge in [0.25, 0.3) is 0 Å². The van der Waals surface area contributed by atoms with Crippen molar-refractivity contribution in [1.29, 1.82) is 0 Å². The summed E-state index contributed by atoms with van der Waals surface area (Å²) in [5, 5.41) is 12.0. The molecule has 28 heavy (non-hydrogen) atoms. The van der Waals surface area contributed by atoms with Gasteiger partial charge >= 0.3 is 6.36 Å². The number of aromatic nitrogens is 2. The number of piperazine rings is 1. The number of aliphatic hydroxyl groups excluding tert-OH is 1. The topological polar surface area (TPSA) is 99.8 Å². The maximum absolute atomic E-state index is 12.2. The summed E-state index contributed by atoms with van der Waals surface area (Å²) in [7, 11) is 0. The van der Waals surface area contributed by atoms with Crippen LogP contribution in [0.3, 0.4) is 0 Å². The predicted molar refractivity (Wildman–Crippen MR) is 98.6 cm³/mol. The first-order valence-electron chi connectivity index (χ1n) is 8.67. The smallest absolute Gasteiger partial charge is 0.406 e. The van der Waals surface area contributed by atoms with Gasteiger partial charge in [0, 0.05) is 38.4 Å². The molecule has 2 aromatic rings. The number of nitrogens with one attached hydrogen (secondary N) is 1. The van der Waals surface area contributed by atoms with Crippen molar-refractivity contribution in [2.75, 3.05) is 55.3 Å². The fraction of sp³-hybridized carbons (Fsp3) is 0.412. The van der Waals surface area contributed by atoms with Crippen molar-refractivity contribution in [1.82, 2.24) is 14.9 Å². The highest BCUT2D eigenvalue weighted by molar-refractivity contribution is 5.78. The maximum atomic E-state index is 12.2. The first-order valence-corrected chi connectivity index (χ1v) is 8.67. The average molecular weight is 398 g/mol. The van der Waals surface area contributed by atoms with E-state index in [1.165, 1.54) is 30.6 Å². The third-order valence-corrected chi connectivity index (χ3v) is 4.30. The summed E-state index contributed by atoms with van der Waals surface area (Å²) in [6.07, 6.45) is -3.35. The Kier molecular flexibility index (Phi) is 6.05. The Labute approximate surface area is 159 Å². The van der Waals surface area contributed by atoms with Crippen molar-refractivity contribution in [3.05, 3.63) is 30.6 Å². The number of nitrogen functional groups attached to an aromatic ring is 1. The zero-order valence-corrected chi connectivity index (χ0v) is 15.0. The molecule has 0 atom stereocenters. The Bertz CT molecular complexity index is 779. The lowest BCUT2D eigenvalue weighted by Crippen LogP contribution is -2.47. The lowest BCUT2D eigenvalue weighted by molar-refractivity contribution is -0.274. The van der Waals surface area contributed by atoms with E-state index in [9.17, 15) is 13.2 Å². The van der Waals surface area contributed by atoms with Crippen LogP contribution in [0.15, 0.2) is 30.6 Å². The van der Waals surface area contributed by atoms with Crippen LogP contribution in [0.1, 0.15) is 0 Å². The van der Waals surface area contributed by atoms with Gasteiger partial charge in [-0.1, -0.05) is 0 Å². The second-order valence-corrected chi connectivity index (χ2v) is 6.21. The monoisotopic (exact) mass is 398 g/mol. The van der Waals surface area contributed by atoms with Crippen LogP contribution in [0.4, 0.5) is 36.2 Å². The molecule has 8 nitrogen and oxygen atoms in total. The van der Waals surface area contributed by atoms with Crippen LogP contribution >= 0.6 is 0 Å².